The molecule has 0 N–H and O–H groups in total. The molecule has 0 saturated heterocycles. The molecule has 2 heterocycles. The smallest absolute Gasteiger partial charge is 0.194 e. The Labute approximate surface area is 121 Å². The van der Waals surface area contributed by atoms with Crippen molar-refractivity contribution in [2.24, 2.45) is 5.16 Å². The molecule has 0 fully saturated rings. The highest BCUT2D eigenvalue weighted by atomic mass is 32.1. The highest BCUT2D eigenvalue weighted by molar-refractivity contribution is 7.15. The number of aromatic nitrogens is 2. The summed E-state index contributed by atoms with van der Waals surface area (Å²) < 4.78 is 2.09. The number of oxime groups is 1. The number of hydrogen-bond donors (Lipinski definition) is 0. The summed E-state index contributed by atoms with van der Waals surface area (Å²) in [6.07, 6.45) is 1.73. The first-order chi connectivity index (χ1) is 9.75. The minimum atomic E-state index is 0.473. The summed E-state index contributed by atoms with van der Waals surface area (Å²) in [7, 11) is 0. The predicted octanol–water partition coefficient (Wildman–Crippen LogP) is 3.56. The van der Waals surface area contributed by atoms with Gasteiger partial charge in [0.15, 0.2) is 4.96 Å². The first-order valence-corrected chi connectivity index (χ1v) is 7.26. The zero-order chi connectivity index (χ0) is 13.9. The number of fused-ring (bicyclic) bond motifs is 1. The second kappa shape index (κ2) is 5.46. The molecule has 0 aliphatic rings. The molecule has 0 aliphatic heterocycles. The second-order valence-corrected chi connectivity index (χ2v) is 5.41. The molecule has 0 aliphatic carbocycles. The summed E-state index contributed by atoms with van der Waals surface area (Å²) in [5, 5.41) is 6.15. The van der Waals surface area contributed by atoms with E-state index in [0.717, 1.165) is 27.6 Å². The van der Waals surface area contributed by atoms with E-state index in [1.54, 1.807) is 17.6 Å². The zero-order valence-electron chi connectivity index (χ0n) is 11.4. The van der Waals surface area contributed by atoms with Crippen LogP contribution < -0.4 is 0 Å². The van der Waals surface area contributed by atoms with Gasteiger partial charge in [-0.05, 0) is 19.4 Å². The Hall–Kier alpha value is -2.14. The van der Waals surface area contributed by atoms with Crippen LogP contribution in [-0.4, -0.2) is 15.6 Å². The second-order valence-electron chi connectivity index (χ2n) is 4.57. The molecular formula is C15H15N3OS. The molecule has 4 nitrogen and oxygen atoms in total. The molecule has 3 rings (SSSR count). The number of imidazole rings is 1. The van der Waals surface area contributed by atoms with Crippen LogP contribution >= 0.6 is 11.3 Å². The molecule has 0 spiro atoms. The average Bonchev–Trinajstić information content (AvgIpc) is 2.96. The van der Waals surface area contributed by atoms with Crippen molar-refractivity contribution < 1.29 is 4.84 Å². The number of rotatable bonds is 4. The molecular weight excluding hydrogens is 270 g/mol. The Bertz CT molecular complexity index is 743. The van der Waals surface area contributed by atoms with Crippen molar-refractivity contribution in [3.05, 3.63) is 58.4 Å². The van der Waals surface area contributed by atoms with E-state index in [1.807, 2.05) is 37.3 Å². The van der Waals surface area contributed by atoms with E-state index in [0.29, 0.717) is 6.61 Å². The fraction of sp³-hybridized carbons (Fsp3) is 0.200. The molecule has 2 aromatic heterocycles. The average molecular weight is 285 g/mol. The minimum absolute atomic E-state index is 0.473. The number of hydrogen-bond acceptors (Lipinski definition) is 4. The lowest BCUT2D eigenvalue weighted by Crippen LogP contribution is -1.95. The molecule has 0 radical (unpaired) electrons. The standard InChI is InChI=1S/C15H15N3OS/c1-11-10-20-15-17-12(2)14(18(11)15)8-16-19-9-13-6-4-3-5-7-13/h3-8,10H,9H2,1-2H3/b16-8-. The highest BCUT2D eigenvalue weighted by Crippen LogP contribution is 2.19. The summed E-state index contributed by atoms with van der Waals surface area (Å²) in [6, 6.07) is 9.99. The van der Waals surface area contributed by atoms with Gasteiger partial charge in [0.1, 0.15) is 6.61 Å². The van der Waals surface area contributed by atoms with Crippen LogP contribution in [0.2, 0.25) is 0 Å². The van der Waals surface area contributed by atoms with Crippen LogP contribution in [0.5, 0.6) is 0 Å². The summed E-state index contributed by atoms with van der Waals surface area (Å²) in [4.78, 5) is 10.8. The van der Waals surface area contributed by atoms with Crippen molar-refractivity contribution in [2.45, 2.75) is 20.5 Å². The lowest BCUT2D eigenvalue weighted by Gasteiger charge is -1.99. The third-order valence-corrected chi connectivity index (χ3v) is 4.02. The van der Waals surface area contributed by atoms with Crippen LogP contribution in [0.1, 0.15) is 22.6 Å². The first-order valence-electron chi connectivity index (χ1n) is 6.38. The molecule has 0 atom stereocenters. The van der Waals surface area contributed by atoms with Gasteiger partial charge in [0, 0.05) is 11.1 Å². The summed E-state index contributed by atoms with van der Waals surface area (Å²) >= 11 is 1.63. The monoisotopic (exact) mass is 285 g/mol. The van der Waals surface area contributed by atoms with Crippen molar-refractivity contribution >= 4 is 22.5 Å². The van der Waals surface area contributed by atoms with Gasteiger partial charge in [0.25, 0.3) is 0 Å². The van der Waals surface area contributed by atoms with E-state index in [2.05, 4.69) is 26.8 Å². The SMILES string of the molecule is Cc1nc2scc(C)n2c1/C=N\OCc1ccccc1. The van der Waals surface area contributed by atoms with Crippen molar-refractivity contribution in [1.82, 2.24) is 9.38 Å². The molecule has 102 valence electrons. The molecule has 0 saturated carbocycles. The van der Waals surface area contributed by atoms with Gasteiger partial charge in [-0.1, -0.05) is 35.5 Å². The third-order valence-electron chi connectivity index (χ3n) is 3.08. The topological polar surface area (TPSA) is 38.9 Å². The minimum Gasteiger partial charge on any atom is -0.391 e. The lowest BCUT2D eigenvalue weighted by molar-refractivity contribution is 0.132. The van der Waals surface area contributed by atoms with E-state index >= 15 is 0 Å². The Morgan fingerprint density at radius 2 is 2.10 bits per heavy atom. The Morgan fingerprint density at radius 3 is 2.90 bits per heavy atom. The van der Waals surface area contributed by atoms with Gasteiger partial charge in [0.05, 0.1) is 17.6 Å². The van der Waals surface area contributed by atoms with E-state index in [9.17, 15) is 0 Å². The molecule has 20 heavy (non-hydrogen) atoms. The fourth-order valence-electron chi connectivity index (χ4n) is 2.05. The molecule has 0 bridgehead atoms. The van der Waals surface area contributed by atoms with E-state index in [1.165, 1.54) is 0 Å². The normalized spacial score (nSPS) is 11.5. The van der Waals surface area contributed by atoms with Crippen LogP contribution in [-0.2, 0) is 11.4 Å². The summed E-state index contributed by atoms with van der Waals surface area (Å²) in [6.45, 7) is 4.52. The first kappa shape index (κ1) is 12.9. The van der Waals surface area contributed by atoms with E-state index in [4.69, 9.17) is 4.84 Å². The van der Waals surface area contributed by atoms with Gasteiger partial charge in [-0.3, -0.25) is 4.40 Å². The van der Waals surface area contributed by atoms with E-state index in [-0.39, 0.29) is 0 Å². The van der Waals surface area contributed by atoms with Crippen molar-refractivity contribution in [1.29, 1.82) is 0 Å². The maximum Gasteiger partial charge on any atom is 0.194 e. The van der Waals surface area contributed by atoms with Crippen molar-refractivity contribution in [3.63, 3.8) is 0 Å². The summed E-state index contributed by atoms with van der Waals surface area (Å²) in [5.41, 5.74) is 4.21. The quantitative estimate of drug-likeness (QED) is 0.543. The number of nitrogens with zero attached hydrogens (tertiary/aromatic N) is 3. The summed E-state index contributed by atoms with van der Waals surface area (Å²) in [5.74, 6) is 0. The zero-order valence-corrected chi connectivity index (χ0v) is 12.2. The highest BCUT2D eigenvalue weighted by Gasteiger charge is 2.10. The van der Waals surface area contributed by atoms with Gasteiger partial charge < -0.3 is 4.84 Å². The Morgan fingerprint density at radius 1 is 1.30 bits per heavy atom. The fourth-order valence-corrected chi connectivity index (χ4v) is 2.97. The molecule has 1 aromatic carbocycles. The number of thiazole rings is 1. The van der Waals surface area contributed by atoms with Gasteiger partial charge in [-0.2, -0.15) is 0 Å². The number of aryl methyl sites for hydroxylation is 2. The van der Waals surface area contributed by atoms with Gasteiger partial charge in [-0.15, -0.1) is 11.3 Å². The Kier molecular flexibility index (Phi) is 3.52. The Balaban J connectivity index is 1.74. The molecule has 3 aromatic rings. The van der Waals surface area contributed by atoms with Crippen LogP contribution in [0.4, 0.5) is 0 Å². The van der Waals surface area contributed by atoms with Crippen LogP contribution in [0.15, 0.2) is 40.9 Å². The lowest BCUT2D eigenvalue weighted by atomic mass is 10.2. The van der Waals surface area contributed by atoms with Gasteiger partial charge >= 0.3 is 0 Å². The van der Waals surface area contributed by atoms with Crippen molar-refractivity contribution in [2.75, 3.05) is 0 Å². The van der Waals surface area contributed by atoms with Crippen molar-refractivity contribution in [3.8, 4) is 0 Å². The third kappa shape index (κ3) is 2.44. The number of benzene rings is 1. The van der Waals surface area contributed by atoms with Crippen LogP contribution in [0.25, 0.3) is 4.96 Å². The van der Waals surface area contributed by atoms with Gasteiger partial charge in [0.2, 0.25) is 0 Å². The predicted molar refractivity (Wildman–Crippen MR) is 81.4 cm³/mol. The van der Waals surface area contributed by atoms with Gasteiger partial charge in [-0.25, -0.2) is 4.98 Å². The molecule has 5 heteroatoms. The van der Waals surface area contributed by atoms with E-state index < -0.39 is 0 Å². The largest absolute Gasteiger partial charge is 0.391 e. The molecule has 0 amide bonds. The maximum absolute atomic E-state index is 5.35. The maximum atomic E-state index is 5.35. The van der Waals surface area contributed by atoms with Crippen LogP contribution in [0.3, 0.4) is 0 Å². The molecule has 0 unspecified atom stereocenters. The van der Waals surface area contributed by atoms with Crippen LogP contribution in [0, 0.1) is 13.8 Å².